The van der Waals surface area contributed by atoms with Crippen LogP contribution in [0.2, 0.25) is 10.0 Å². The van der Waals surface area contributed by atoms with Crippen molar-refractivity contribution in [1.29, 1.82) is 0 Å². The molecule has 2 aromatic rings. The van der Waals surface area contributed by atoms with E-state index in [0.717, 1.165) is 11.3 Å². The number of hydrogen-bond acceptors (Lipinski definition) is 4. The zero-order chi connectivity index (χ0) is 17.0. The van der Waals surface area contributed by atoms with Crippen LogP contribution in [0.25, 0.3) is 0 Å². The number of sulfonamides is 1. The lowest BCUT2D eigenvalue weighted by atomic mass is 10.1. The summed E-state index contributed by atoms with van der Waals surface area (Å²) in [6.07, 6.45) is 0. The number of thiophene rings is 1. The van der Waals surface area contributed by atoms with Gasteiger partial charge in [0.2, 0.25) is 5.91 Å². The highest BCUT2D eigenvalue weighted by atomic mass is 35.5. The van der Waals surface area contributed by atoms with E-state index in [9.17, 15) is 13.2 Å². The number of halogens is 2. The first-order valence-electron chi connectivity index (χ1n) is 6.57. The fourth-order valence-electron chi connectivity index (χ4n) is 1.87. The number of carbonyl (C=O) groups is 1. The fourth-order valence-corrected chi connectivity index (χ4v) is 4.46. The Balaban J connectivity index is 1.94. The summed E-state index contributed by atoms with van der Waals surface area (Å²) in [5.74, 6) is -0.455. The Bertz CT molecular complexity index is 792. The van der Waals surface area contributed by atoms with Crippen molar-refractivity contribution in [3.8, 4) is 0 Å². The molecule has 0 saturated heterocycles. The van der Waals surface area contributed by atoms with Gasteiger partial charge in [0.15, 0.2) is 0 Å². The zero-order valence-corrected chi connectivity index (χ0v) is 15.2. The molecule has 1 unspecified atom stereocenters. The van der Waals surface area contributed by atoms with E-state index in [-0.39, 0.29) is 16.8 Å². The predicted molar refractivity (Wildman–Crippen MR) is 92.5 cm³/mol. The van der Waals surface area contributed by atoms with Crippen LogP contribution < -0.4 is 10.0 Å². The standard InChI is InChI=1S/C14H14Cl2N2O3S2/c1-9(11-5-4-10(15)7-12(11)16)18-13(19)8-17-23(20,21)14-3-2-6-22-14/h2-7,9,17H,8H2,1H3,(H,18,19). The van der Waals surface area contributed by atoms with E-state index in [1.807, 2.05) is 0 Å². The second-order valence-electron chi connectivity index (χ2n) is 4.71. The van der Waals surface area contributed by atoms with Crippen molar-refractivity contribution in [3.63, 3.8) is 0 Å². The molecule has 1 atom stereocenters. The summed E-state index contributed by atoms with van der Waals surface area (Å²) in [6.45, 7) is 1.40. The Kier molecular flexibility index (Phi) is 6.05. The Morgan fingerprint density at radius 3 is 2.65 bits per heavy atom. The molecule has 1 heterocycles. The molecule has 1 aromatic heterocycles. The van der Waals surface area contributed by atoms with Gasteiger partial charge in [-0.3, -0.25) is 4.79 Å². The molecule has 2 N–H and O–H groups in total. The maximum absolute atomic E-state index is 11.9. The van der Waals surface area contributed by atoms with E-state index in [1.54, 1.807) is 36.6 Å². The summed E-state index contributed by atoms with van der Waals surface area (Å²) in [4.78, 5) is 11.9. The SMILES string of the molecule is CC(NC(=O)CNS(=O)(=O)c1cccs1)c1ccc(Cl)cc1Cl. The van der Waals surface area contributed by atoms with Crippen LogP contribution in [0.4, 0.5) is 0 Å². The highest BCUT2D eigenvalue weighted by molar-refractivity contribution is 7.91. The van der Waals surface area contributed by atoms with Crippen molar-refractivity contribution >= 4 is 50.5 Å². The van der Waals surface area contributed by atoms with Gasteiger partial charge in [-0.05, 0) is 36.1 Å². The molecule has 0 saturated carbocycles. The normalized spacial score (nSPS) is 12.8. The van der Waals surface area contributed by atoms with Crippen LogP contribution in [0.5, 0.6) is 0 Å². The molecule has 9 heteroatoms. The first-order valence-corrected chi connectivity index (χ1v) is 9.69. The van der Waals surface area contributed by atoms with E-state index < -0.39 is 15.9 Å². The molecule has 0 aliphatic carbocycles. The van der Waals surface area contributed by atoms with E-state index in [0.29, 0.717) is 15.6 Å². The average molecular weight is 393 g/mol. The summed E-state index contributed by atoms with van der Waals surface area (Å²) in [6, 6.07) is 7.69. The summed E-state index contributed by atoms with van der Waals surface area (Å²) >= 11 is 13.0. The van der Waals surface area contributed by atoms with Crippen molar-refractivity contribution < 1.29 is 13.2 Å². The second kappa shape index (κ2) is 7.63. The number of carbonyl (C=O) groups excluding carboxylic acids is 1. The molecule has 0 aliphatic rings. The lowest BCUT2D eigenvalue weighted by Gasteiger charge is -2.16. The number of benzene rings is 1. The third-order valence-electron chi connectivity index (χ3n) is 2.99. The molecule has 2 rings (SSSR count). The summed E-state index contributed by atoms with van der Waals surface area (Å²) in [5.41, 5.74) is 0.700. The van der Waals surface area contributed by atoms with E-state index in [2.05, 4.69) is 10.0 Å². The maximum Gasteiger partial charge on any atom is 0.250 e. The van der Waals surface area contributed by atoms with Crippen molar-refractivity contribution in [2.24, 2.45) is 0 Å². The quantitative estimate of drug-likeness (QED) is 0.792. The first-order chi connectivity index (χ1) is 10.8. The van der Waals surface area contributed by atoms with Gasteiger partial charge in [-0.25, -0.2) is 13.1 Å². The molecular formula is C14H14Cl2N2O3S2. The number of nitrogens with one attached hydrogen (secondary N) is 2. The second-order valence-corrected chi connectivity index (χ2v) is 8.50. The minimum Gasteiger partial charge on any atom is -0.348 e. The Hall–Kier alpha value is -1.12. The molecule has 0 radical (unpaired) electrons. The molecule has 23 heavy (non-hydrogen) atoms. The van der Waals surface area contributed by atoms with E-state index in [4.69, 9.17) is 23.2 Å². The van der Waals surface area contributed by atoms with Gasteiger partial charge in [0.25, 0.3) is 10.0 Å². The molecular weight excluding hydrogens is 379 g/mol. The Morgan fingerprint density at radius 1 is 1.30 bits per heavy atom. The van der Waals surface area contributed by atoms with Crippen LogP contribution in [0.1, 0.15) is 18.5 Å². The van der Waals surface area contributed by atoms with Gasteiger partial charge >= 0.3 is 0 Å². The smallest absolute Gasteiger partial charge is 0.250 e. The lowest BCUT2D eigenvalue weighted by molar-refractivity contribution is -0.120. The van der Waals surface area contributed by atoms with Crippen LogP contribution in [-0.2, 0) is 14.8 Å². The highest BCUT2D eigenvalue weighted by Gasteiger charge is 2.18. The number of amides is 1. The molecule has 5 nitrogen and oxygen atoms in total. The largest absolute Gasteiger partial charge is 0.348 e. The van der Waals surface area contributed by atoms with Gasteiger partial charge in [0.05, 0.1) is 12.6 Å². The molecule has 1 aromatic carbocycles. The minimum atomic E-state index is -3.66. The summed E-state index contributed by atoms with van der Waals surface area (Å²) in [7, 11) is -3.66. The third-order valence-corrected chi connectivity index (χ3v) is 6.35. The van der Waals surface area contributed by atoms with Gasteiger partial charge in [-0.15, -0.1) is 11.3 Å². The van der Waals surface area contributed by atoms with Crippen LogP contribution in [0.15, 0.2) is 39.9 Å². The van der Waals surface area contributed by atoms with Crippen LogP contribution in [0, 0.1) is 0 Å². The van der Waals surface area contributed by atoms with Crippen LogP contribution in [-0.4, -0.2) is 20.9 Å². The predicted octanol–water partition coefficient (Wildman–Crippen LogP) is 3.21. The fraction of sp³-hybridized carbons (Fsp3) is 0.214. The topological polar surface area (TPSA) is 75.3 Å². The summed E-state index contributed by atoms with van der Waals surface area (Å²) < 4.78 is 26.3. The Labute approximate surface area is 148 Å². The molecule has 0 bridgehead atoms. The van der Waals surface area contributed by atoms with Gasteiger partial charge in [-0.1, -0.05) is 35.3 Å². The first kappa shape index (κ1) is 18.2. The molecule has 0 aliphatic heterocycles. The van der Waals surface area contributed by atoms with Gasteiger partial charge in [0.1, 0.15) is 4.21 Å². The Morgan fingerprint density at radius 2 is 2.04 bits per heavy atom. The molecule has 0 spiro atoms. The monoisotopic (exact) mass is 392 g/mol. The molecule has 0 fully saturated rings. The van der Waals surface area contributed by atoms with Gasteiger partial charge < -0.3 is 5.32 Å². The highest BCUT2D eigenvalue weighted by Crippen LogP contribution is 2.26. The summed E-state index contributed by atoms with van der Waals surface area (Å²) in [5, 5.41) is 5.27. The van der Waals surface area contributed by atoms with Gasteiger partial charge in [0, 0.05) is 10.0 Å². The molecule has 1 amide bonds. The van der Waals surface area contributed by atoms with Crippen molar-refractivity contribution in [1.82, 2.24) is 10.0 Å². The van der Waals surface area contributed by atoms with Crippen molar-refractivity contribution in [2.45, 2.75) is 17.2 Å². The lowest BCUT2D eigenvalue weighted by Crippen LogP contribution is -2.37. The van der Waals surface area contributed by atoms with Gasteiger partial charge in [-0.2, -0.15) is 0 Å². The zero-order valence-electron chi connectivity index (χ0n) is 12.0. The van der Waals surface area contributed by atoms with Crippen molar-refractivity contribution in [2.75, 3.05) is 6.54 Å². The van der Waals surface area contributed by atoms with Crippen LogP contribution >= 0.6 is 34.5 Å². The van der Waals surface area contributed by atoms with E-state index in [1.165, 1.54) is 6.07 Å². The van der Waals surface area contributed by atoms with E-state index >= 15 is 0 Å². The number of rotatable bonds is 6. The minimum absolute atomic E-state index is 0.166. The molecule has 124 valence electrons. The maximum atomic E-state index is 11.9. The van der Waals surface area contributed by atoms with Crippen molar-refractivity contribution in [3.05, 3.63) is 51.3 Å². The number of hydrogen-bond donors (Lipinski definition) is 2. The average Bonchev–Trinajstić information content (AvgIpc) is 3.00. The van der Waals surface area contributed by atoms with Crippen LogP contribution in [0.3, 0.4) is 0 Å². The third kappa shape index (κ3) is 4.92.